The molecule has 146 valence electrons. The van der Waals surface area contributed by atoms with Gasteiger partial charge in [-0.2, -0.15) is 5.26 Å². The number of ether oxygens (including phenoxy) is 1. The summed E-state index contributed by atoms with van der Waals surface area (Å²) < 4.78 is 5.94. The lowest BCUT2D eigenvalue weighted by molar-refractivity contribution is 0.0692. The van der Waals surface area contributed by atoms with Crippen LogP contribution in [0.25, 0.3) is 10.8 Å². The lowest BCUT2D eigenvalue weighted by Crippen LogP contribution is -2.05. The number of fused-ring (bicyclic) bond motifs is 1. The Kier molecular flexibility index (Phi) is 5.31. The summed E-state index contributed by atoms with van der Waals surface area (Å²) in [5, 5.41) is 24.2. The maximum Gasteiger partial charge on any atom is 0.339 e. The first kappa shape index (κ1) is 19.0. The highest BCUT2D eigenvalue weighted by atomic mass is 16.5. The topological polar surface area (TPSA) is 82.4 Å². The van der Waals surface area contributed by atoms with Gasteiger partial charge in [0.05, 0.1) is 11.3 Å². The van der Waals surface area contributed by atoms with Crippen LogP contribution < -0.4 is 10.1 Å². The second-order valence-corrected chi connectivity index (χ2v) is 6.73. The molecular formula is C25H18N2O3. The molecule has 0 atom stereocenters. The van der Waals surface area contributed by atoms with Gasteiger partial charge in [-0.15, -0.1) is 0 Å². The highest BCUT2D eigenvalue weighted by molar-refractivity contribution is 5.92. The summed E-state index contributed by atoms with van der Waals surface area (Å²) >= 11 is 0. The summed E-state index contributed by atoms with van der Waals surface area (Å²) in [6.45, 7) is 0.236. The molecular weight excluding hydrogens is 376 g/mol. The Labute approximate surface area is 173 Å². The Morgan fingerprint density at radius 2 is 1.73 bits per heavy atom. The first-order chi connectivity index (χ1) is 14.7. The minimum Gasteiger partial charge on any atom is -0.488 e. The molecule has 4 rings (SSSR count). The van der Waals surface area contributed by atoms with Gasteiger partial charge in [0.1, 0.15) is 24.0 Å². The molecule has 0 saturated heterocycles. The van der Waals surface area contributed by atoms with E-state index in [9.17, 15) is 15.2 Å². The lowest BCUT2D eigenvalue weighted by Gasteiger charge is -2.14. The fourth-order valence-electron chi connectivity index (χ4n) is 3.32. The molecule has 4 aromatic rings. The number of aromatic carboxylic acids is 1. The van der Waals surface area contributed by atoms with Crippen molar-refractivity contribution in [3.05, 3.63) is 102 Å². The zero-order valence-electron chi connectivity index (χ0n) is 16.0. The second kappa shape index (κ2) is 8.38. The predicted octanol–water partition coefficient (Wildman–Crippen LogP) is 5.73. The molecule has 4 aromatic carbocycles. The fourth-order valence-corrected chi connectivity index (χ4v) is 3.32. The number of rotatable bonds is 6. The van der Waals surface area contributed by atoms with Crippen LogP contribution in [0.3, 0.4) is 0 Å². The third-order valence-electron chi connectivity index (χ3n) is 4.80. The van der Waals surface area contributed by atoms with Crippen molar-refractivity contribution >= 4 is 28.1 Å². The number of hydrogen-bond donors (Lipinski definition) is 2. The van der Waals surface area contributed by atoms with Crippen LogP contribution in [0.4, 0.5) is 11.4 Å². The molecule has 5 heteroatoms. The zero-order valence-corrected chi connectivity index (χ0v) is 16.0. The van der Waals surface area contributed by atoms with Crippen molar-refractivity contribution in [3.63, 3.8) is 0 Å². The highest BCUT2D eigenvalue weighted by Gasteiger charge is 2.14. The summed E-state index contributed by atoms with van der Waals surface area (Å²) in [6.07, 6.45) is 0. The number of benzene rings is 4. The van der Waals surface area contributed by atoms with E-state index in [2.05, 4.69) is 11.4 Å². The van der Waals surface area contributed by atoms with Crippen molar-refractivity contribution in [3.8, 4) is 11.8 Å². The standard InChI is InChI=1S/C25H18N2O3/c26-15-18-7-2-4-11-23(18)27-20-12-13-22(25(28)29)24(14-20)30-16-19-9-5-8-17-6-1-3-10-21(17)19/h1-14,27H,16H2,(H,28,29). The normalized spacial score (nSPS) is 10.4. The zero-order chi connectivity index (χ0) is 20.9. The SMILES string of the molecule is N#Cc1ccccc1Nc1ccc(C(=O)O)c(OCc2cccc3ccccc23)c1. The maximum absolute atomic E-state index is 11.7. The van der Waals surface area contributed by atoms with Gasteiger partial charge in [0.25, 0.3) is 0 Å². The van der Waals surface area contributed by atoms with E-state index in [1.54, 1.807) is 30.3 Å². The molecule has 0 amide bonds. The van der Waals surface area contributed by atoms with Crippen molar-refractivity contribution in [1.29, 1.82) is 5.26 Å². The van der Waals surface area contributed by atoms with Crippen molar-refractivity contribution in [2.75, 3.05) is 5.32 Å². The van der Waals surface area contributed by atoms with Crippen LogP contribution >= 0.6 is 0 Å². The molecule has 0 aliphatic carbocycles. The molecule has 0 saturated carbocycles. The summed E-state index contributed by atoms with van der Waals surface area (Å²) in [6, 6.07) is 28.0. The Bertz CT molecular complexity index is 1270. The Morgan fingerprint density at radius 3 is 2.57 bits per heavy atom. The average Bonchev–Trinajstić information content (AvgIpc) is 2.78. The summed E-state index contributed by atoms with van der Waals surface area (Å²) in [5.41, 5.74) is 2.82. The van der Waals surface area contributed by atoms with Crippen LogP contribution in [-0.4, -0.2) is 11.1 Å². The van der Waals surface area contributed by atoms with Gasteiger partial charge < -0.3 is 15.2 Å². The number of anilines is 2. The van der Waals surface area contributed by atoms with E-state index < -0.39 is 5.97 Å². The molecule has 30 heavy (non-hydrogen) atoms. The molecule has 0 heterocycles. The summed E-state index contributed by atoms with van der Waals surface area (Å²) in [5.74, 6) is -0.804. The van der Waals surface area contributed by atoms with Gasteiger partial charge in [-0.3, -0.25) is 0 Å². The lowest BCUT2D eigenvalue weighted by atomic mass is 10.1. The van der Waals surface area contributed by atoms with Crippen molar-refractivity contribution in [2.45, 2.75) is 6.61 Å². The van der Waals surface area contributed by atoms with E-state index in [0.717, 1.165) is 16.3 Å². The first-order valence-electron chi connectivity index (χ1n) is 9.38. The number of nitriles is 1. The number of carbonyl (C=O) groups is 1. The van der Waals surface area contributed by atoms with Crippen LogP contribution in [-0.2, 0) is 6.61 Å². The summed E-state index contributed by atoms with van der Waals surface area (Å²) in [7, 11) is 0. The molecule has 0 aromatic heterocycles. The van der Waals surface area contributed by atoms with Crippen molar-refractivity contribution < 1.29 is 14.6 Å². The Balaban J connectivity index is 1.63. The molecule has 0 bridgehead atoms. The van der Waals surface area contributed by atoms with E-state index in [-0.39, 0.29) is 17.9 Å². The van der Waals surface area contributed by atoms with Crippen LogP contribution in [0.15, 0.2) is 84.9 Å². The number of carboxylic acids is 1. The summed E-state index contributed by atoms with van der Waals surface area (Å²) in [4.78, 5) is 11.7. The quantitative estimate of drug-likeness (QED) is 0.436. The third kappa shape index (κ3) is 3.94. The number of para-hydroxylation sites is 1. The smallest absolute Gasteiger partial charge is 0.339 e. The molecule has 0 aliphatic heterocycles. The Morgan fingerprint density at radius 1 is 0.967 bits per heavy atom. The van der Waals surface area contributed by atoms with E-state index in [1.807, 2.05) is 48.5 Å². The number of nitrogens with zero attached hydrogens (tertiary/aromatic N) is 1. The first-order valence-corrected chi connectivity index (χ1v) is 9.38. The maximum atomic E-state index is 11.7. The molecule has 0 radical (unpaired) electrons. The third-order valence-corrected chi connectivity index (χ3v) is 4.80. The number of hydrogen-bond acceptors (Lipinski definition) is 4. The van der Waals surface area contributed by atoms with E-state index in [1.165, 1.54) is 6.07 Å². The van der Waals surface area contributed by atoms with Crippen LogP contribution in [0.2, 0.25) is 0 Å². The molecule has 2 N–H and O–H groups in total. The van der Waals surface area contributed by atoms with E-state index in [0.29, 0.717) is 16.9 Å². The average molecular weight is 394 g/mol. The van der Waals surface area contributed by atoms with E-state index in [4.69, 9.17) is 4.74 Å². The van der Waals surface area contributed by atoms with Gasteiger partial charge in [-0.1, -0.05) is 54.6 Å². The molecule has 0 unspecified atom stereocenters. The van der Waals surface area contributed by atoms with Crippen LogP contribution in [0.1, 0.15) is 21.5 Å². The van der Waals surface area contributed by atoms with Crippen LogP contribution in [0, 0.1) is 11.3 Å². The number of carboxylic acid groups (broad SMARTS) is 1. The van der Waals surface area contributed by atoms with Crippen LogP contribution in [0.5, 0.6) is 5.75 Å². The minimum atomic E-state index is -1.06. The van der Waals surface area contributed by atoms with Crippen molar-refractivity contribution in [2.24, 2.45) is 0 Å². The molecule has 0 fully saturated rings. The molecule has 5 nitrogen and oxygen atoms in total. The largest absolute Gasteiger partial charge is 0.488 e. The predicted molar refractivity (Wildman–Crippen MR) is 116 cm³/mol. The van der Waals surface area contributed by atoms with E-state index >= 15 is 0 Å². The second-order valence-electron chi connectivity index (χ2n) is 6.73. The van der Waals surface area contributed by atoms with Gasteiger partial charge in [0.15, 0.2) is 0 Å². The van der Waals surface area contributed by atoms with Gasteiger partial charge in [-0.25, -0.2) is 4.79 Å². The monoisotopic (exact) mass is 394 g/mol. The van der Waals surface area contributed by atoms with Gasteiger partial charge in [0, 0.05) is 11.8 Å². The fraction of sp³-hybridized carbons (Fsp3) is 0.0400. The number of nitrogens with one attached hydrogen (secondary N) is 1. The Hall–Kier alpha value is -4.30. The van der Waals surface area contributed by atoms with Gasteiger partial charge in [0.2, 0.25) is 0 Å². The highest BCUT2D eigenvalue weighted by Crippen LogP contribution is 2.29. The van der Waals surface area contributed by atoms with Gasteiger partial charge in [-0.05, 0) is 40.6 Å². The molecule has 0 aliphatic rings. The van der Waals surface area contributed by atoms with Crippen molar-refractivity contribution in [1.82, 2.24) is 0 Å². The minimum absolute atomic E-state index is 0.0781. The molecule has 0 spiro atoms. The van der Waals surface area contributed by atoms with Gasteiger partial charge >= 0.3 is 5.97 Å².